The van der Waals surface area contributed by atoms with Crippen LogP contribution in [-0.4, -0.2) is 56.3 Å². The lowest BCUT2D eigenvalue weighted by Gasteiger charge is -2.33. The van der Waals surface area contributed by atoms with Gasteiger partial charge in [0, 0.05) is 6.04 Å². The smallest absolute Gasteiger partial charge is 0.338 e. The summed E-state index contributed by atoms with van der Waals surface area (Å²) in [6, 6.07) is 10.5. The van der Waals surface area contributed by atoms with Gasteiger partial charge in [-0.15, -0.1) is 0 Å². The SMILES string of the molecule is CCOC(=O)c1ccc(N2C(=O)CC(N(C3CCCCCC3)S(=O)(=O)c3ccc(OC)cc3)C2=O)cc1. The number of nitrogens with zero attached hydrogens (tertiary/aromatic N) is 2. The summed E-state index contributed by atoms with van der Waals surface area (Å²) < 4.78 is 39.4. The predicted octanol–water partition coefficient (Wildman–Crippen LogP) is 3.92. The van der Waals surface area contributed by atoms with Crippen LogP contribution in [0.5, 0.6) is 5.75 Å². The van der Waals surface area contributed by atoms with E-state index in [0.29, 0.717) is 24.2 Å². The van der Waals surface area contributed by atoms with E-state index in [1.807, 2.05) is 0 Å². The van der Waals surface area contributed by atoms with Gasteiger partial charge in [0.15, 0.2) is 0 Å². The molecule has 0 aromatic heterocycles. The molecule has 2 amide bonds. The van der Waals surface area contributed by atoms with Gasteiger partial charge in [-0.2, -0.15) is 4.31 Å². The van der Waals surface area contributed by atoms with Gasteiger partial charge < -0.3 is 9.47 Å². The van der Waals surface area contributed by atoms with Crippen LogP contribution >= 0.6 is 0 Å². The minimum Gasteiger partial charge on any atom is -0.497 e. The van der Waals surface area contributed by atoms with E-state index in [0.717, 1.165) is 30.6 Å². The Balaban J connectivity index is 1.68. The summed E-state index contributed by atoms with van der Waals surface area (Å²) in [5.74, 6) is -1.06. The molecule has 1 aliphatic carbocycles. The van der Waals surface area contributed by atoms with Crippen molar-refractivity contribution < 1.29 is 32.3 Å². The van der Waals surface area contributed by atoms with Gasteiger partial charge in [0.05, 0.1) is 36.3 Å². The first-order valence-corrected chi connectivity index (χ1v) is 14.0. The van der Waals surface area contributed by atoms with Gasteiger partial charge in [0.25, 0.3) is 5.91 Å². The Kier molecular flexibility index (Phi) is 8.29. The number of imide groups is 1. The van der Waals surface area contributed by atoms with Gasteiger partial charge in [0.1, 0.15) is 11.8 Å². The van der Waals surface area contributed by atoms with Crippen molar-refractivity contribution in [1.82, 2.24) is 4.31 Å². The molecule has 10 heteroatoms. The Morgan fingerprint density at radius 3 is 2.16 bits per heavy atom. The highest BCUT2D eigenvalue weighted by molar-refractivity contribution is 7.89. The summed E-state index contributed by atoms with van der Waals surface area (Å²) in [4.78, 5) is 39.8. The number of hydrogen-bond acceptors (Lipinski definition) is 7. The zero-order chi connectivity index (χ0) is 26.6. The van der Waals surface area contributed by atoms with E-state index in [1.54, 1.807) is 19.1 Å². The van der Waals surface area contributed by atoms with Crippen molar-refractivity contribution in [3.63, 3.8) is 0 Å². The topological polar surface area (TPSA) is 110 Å². The molecule has 1 unspecified atom stereocenters. The maximum atomic E-state index is 14.0. The van der Waals surface area contributed by atoms with E-state index >= 15 is 0 Å². The molecule has 1 heterocycles. The van der Waals surface area contributed by atoms with Crippen LogP contribution in [-0.2, 0) is 24.3 Å². The number of carbonyl (C=O) groups excluding carboxylic acids is 3. The van der Waals surface area contributed by atoms with Crippen LogP contribution in [0.4, 0.5) is 5.69 Å². The molecule has 1 atom stereocenters. The minimum absolute atomic E-state index is 0.0510. The summed E-state index contributed by atoms with van der Waals surface area (Å²) in [6.07, 6.45) is 4.72. The first-order valence-electron chi connectivity index (χ1n) is 12.6. The third-order valence-electron chi connectivity index (χ3n) is 6.89. The summed E-state index contributed by atoms with van der Waals surface area (Å²) in [5.41, 5.74) is 0.580. The Morgan fingerprint density at radius 2 is 1.59 bits per heavy atom. The van der Waals surface area contributed by atoms with E-state index in [-0.39, 0.29) is 29.7 Å². The fourth-order valence-corrected chi connectivity index (χ4v) is 6.87. The molecule has 9 nitrogen and oxygen atoms in total. The highest BCUT2D eigenvalue weighted by Gasteiger charge is 2.49. The lowest BCUT2D eigenvalue weighted by atomic mass is 10.1. The molecule has 198 valence electrons. The van der Waals surface area contributed by atoms with Gasteiger partial charge in [0.2, 0.25) is 15.9 Å². The zero-order valence-electron chi connectivity index (χ0n) is 21.1. The molecular weight excluding hydrogens is 496 g/mol. The van der Waals surface area contributed by atoms with Crippen molar-refractivity contribution in [3.05, 3.63) is 54.1 Å². The average Bonchev–Trinajstić information content (AvgIpc) is 3.05. The van der Waals surface area contributed by atoms with Crippen LogP contribution in [0.1, 0.15) is 62.2 Å². The Morgan fingerprint density at radius 1 is 0.973 bits per heavy atom. The third-order valence-corrected chi connectivity index (χ3v) is 8.86. The lowest BCUT2D eigenvalue weighted by molar-refractivity contribution is -0.122. The standard InChI is InChI=1S/C27H32N2O7S/c1-3-36-27(32)19-10-12-20(13-11-19)28-25(30)18-24(26(28)31)29(21-8-6-4-5-7-9-21)37(33,34)23-16-14-22(35-2)15-17-23/h10-17,21,24H,3-9,18H2,1-2H3. The quantitative estimate of drug-likeness (QED) is 0.290. The third kappa shape index (κ3) is 5.55. The molecule has 2 aromatic carbocycles. The summed E-state index contributed by atoms with van der Waals surface area (Å²) >= 11 is 0. The van der Waals surface area contributed by atoms with Crippen LogP contribution in [0.25, 0.3) is 0 Å². The van der Waals surface area contributed by atoms with Gasteiger partial charge in [-0.05, 0) is 68.3 Å². The van der Waals surface area contributed by atoms with Crippen molar-refractivity contribution in [2.24, 2.45) is 0 Å². The monoisotopic (exact) mass is 528 g/mol. The predicted molar refractivity (Wildman–Crippen MR) is 137 cm³/mol. The molecule has 0 spiro atoms. The number of anilines is 1. The number of ether oxygens (including phenoxy) is 2. The molecular formula is C27H32N2O7S. The maximum Gasteiger partial charge on any atom is 0.338 e. The summed E-state index contributed by atoms with van der Waals surface area (Å²) in [5, 5.41) is 0. The maximum absolute atomic E-state index is 14.0. The van der Waals surface area contributed by atoms with Crippen molar-refractivity contribution in [2.45, 2.75) is 68.8 Å². The number of hydrogen-bond donors (Lipinski definition) is 0. The van der Waals surface area contributed by atoms with E-state index < -0.39 is 33.8 Å². The first-order chi connectivity index (χ1) is 17.8. The molecule has 1 saturated heterocycles. The van der Waals surface area contributed by atoms with E-state index in [4.69, 9.17) is 9.47 Å². The normalized spacial score (nSPS) is 19.2. The largest absolute Gasteiger partial charge is 0.497 e. The second kappa shape index (κ2) is 11.4. The Labute approximate surface area is 217 Å². The van der Waals surface area contributed by atoms with Gasteiger partial charge in [-0.25, -0.2) is 18.1 Å². The van der Waals surface area contributed by atoms with Crippen molar-refractivity contribution >= 4 is 33.5 Å². The molecule has 4 rings (SSSR count). The number of esters is 1. The molecule has 0 bridgehead atoms. The summed E-state index contributed by atoms with van der Waals surface area (Å²) in [6.45, 7) is 1.93. The van der Waals surface area contributed by atoms with Crippen LogP contribution in [0.15, 0.2) is 53.4 Å². The first kappa shape index (κ1) is 26.8. The average molecular weight is 529 g/mol. The summed E-state index contributed by atoms with van der Waals surface area (Å²) in [7, 11) is -2.60. The van der Waals surface area contributed by atoms with E-state index in [2.05, 4.69) is 0 Å². The highest BCUT2D eigenvalue weighted by Crippen LogP contribution is 2.35. The zero-order valence-corrected chi connectivity index (χ0v) is 21.9. The van der Waals surface area contributed by atoms with Gasteiger partial charge >= 0.3 is 5.97 Å². The van der Waals surface area contributed by atoms with Crippen molar-refractivity contribution in [2.75, 3.05) is 18.6 Å². The fourth-order valence-electron chi connectivity index (χ4n) is 5.05. The number of carbonyl (C=O) groups is 3. The van der Waals surface area contributed by atoms with Gasteiger partial charge in [-0.1, -0.05) is 25.7 Å². The number of methoxy groups -OCH3 is 1. The molecule has 2 fully saturated rings. The van der Waals surface area contributed by atoms with Crippen LogP contribution in [0.2, 0.25) is 0 Å². The van der Waals surface area contributed by atoms with Crippen molar-refractivity contribution in [3.8, 4) is 5.75 Å². The highest BCUT2D eigenvalue weighted by atomic mass is 32.2. The second-order valence-corrected chi connectivity index (χ2v) is 11.1. The van der Waals surface area contributed by atoms with Crippen LogP contribution < -0.4 is 9.64 Å². The number of sulfonamides is 1. The molecule has 1 saturated carbocycles. The Hall–Kier alpha value is -3.24. The van der Waals surface area contributed by atoms with E-state index in [9.17, 15) is 22.8 Å². The van der Waals surface area contributed by atoms with Crippen molar-refractivity contribution in [1.29, 1.82) is 0 Å². The molecule has 2 aromatic rings. The lowest BCUT2D eigenvalue weighted by Crippen LogP contribution is -2.50. The Bertz CT molecular complexity index is 1230. The number of rotatable bonds is 8. The number of amides is 2. The number of benzene rings is 2. The molecule has 0 N–H and O–H groups in total. The van der Waals surface area contributed by atoms with Crippen LogP contribution in [0.3, 0.4) is 0 Å². The molecule has 1 aliphatic heterocycles. The van der Waals surface area contributed by atoms with Crippen LogP contribution in [0, 0.1) is 0 Å². The van der Waals surface area contributed by atoms with Gasteiger partial charge in [-0.3, -0.25) is 9.59 Å². The molecule has 0 radical (unpaired) electrons. The minimum atomic E-state index is -4.09. The molecule has 37 heavy (non-hydrogen) atoms. The molecule has 2 aliphatic rings. The fraction of sp³-hybridized carbons (Fsp3) is 0.444. The second-order valence-electron chi connectivity index (χ2n) is 9.21. The van der Waals surface area contributed by atoms with E-state index in [1.165, 1.54) is 47.8 Å².